The van der Waals surface area contributed by atoms with Gasteiger partial charge in [0.05, 0.1) is 13.2 Å². The second kappa shape index (κ2) is 9.16. The van der Waals surface area contributed by atoms with Gasteiger partial charge >= 0.3 is 0 Å². The summed E-state index contributed by atoms with van der Waals surface area (Å²) in [5, 5.41) is 3.38. The van der Waals surface area contributed by atoms with Crippen LogP contribution in [0.25, 0.3) is 0 Å². The zero-order chi connectivity index (χ0) is 12.3. The summed E-state index contributed by atoms with van der Waals surface area (Å²) >= 11 is 0. The van der Waals surface area contributed by atoms with Crippen LogP contribution in [0.1, 0.15) is 24.5 Å². The minimum Gasteiger partial charge on any atom is -0.380 e. The Morgan fingerprint density at radius 3 is 2.59 bits per heavy atom. The van der Waals surface area contributed by atoms with Crippen LogP contribution in [0, 0.1) is 0 Å². The third-order valence-electron chi connectivity index (χ3n) is 2.51. The molecule has 0 spiro atoms. The van der Waals surface area contributed by atoms with Crippen molar-refractivity contribution >= 4 is 0 Å². The fraction of sp³-hybridized carbons (Fsp3) is 0.571. The molecule has 1 aromatic carbocycles. The van der Waals surface area contributed by atoms with E-state index in [2.05, 4.69) is 30.4 Å². The average Bonchev–Trinajstić information content (AvgIpc) is 2.36. The molecule has 0 amide bonds. The Balaban J connectivity index is 2.25. The van der Waals surface area contributed by atoms with Crippen molar-refractivity contribution in [2.45, 2.75) is 26.5 Å². The third-order valence-corrected chi connectivity index (χ3v) is 2.51. The molecule has 17 heavy (non-hydrogen) atoms. The largest absolute Gasteiger partial charge is 0.380 e. The van der Waals surface area contributed by atoms with Gasteiger partial charge in [0, 0.05) is 26.8 Å². The minimum atomic E-state index is 0.671. The molecular formula is C14H23NO2. The van der Waals surface area contributed by atoms with Crippen LogP contribution in [0.15, 0.2) is 24.3 Å². The van der Waals surface area contributed by atoms with E-state index >= 15 is 0 Å². The number of ether oxygens (including phenoxy) is 2. The first-order valence-corrected chi connectivity index (χ1v) is 6.22. The number of benzene rings is 1. The molecule has 0 heterocycles. The molecule has 1 N–H and O–H groups in total. The van der Waals surface area contributed by atoms with Gasteiger partial charge in [-0.3, -0.25) is 0 Å². The van der Waals surface area contributed by atoms with Gasteiger partial charge in [-0.25, -0.2) is 0 Å². The highest BCUT2D eigenvalue weighted by molar-refractivity contribution is 5.26. The van der Waals surface area contributed by atoms with E-state index in [1.807, 2.05) is 6.07 Å². The lowest BCUT2D eigenvalue weighted by molar-refractivity contribution is 0.136. The minimum absolute atomic E-state index is 0.671. The Labute approximate surface area is 104 Å². The van der Waals surface area contributed by atoms with Crippen LogP contribution in [0.4, 0.5) is 0 Å². The summed E-state index contributed by atoms with van der Waals surface area (Å²) in [6.45, 7) is 6.18. The SMILES string of the molecule is CCCOCCNCc1ccccc1COC. The molecule has 0 aliphatic carbocycles. The van der Waals surface area contributed by atoms with Crippen LogP contribution in [0.3, 0.4) is 0 Å². The number of methoxy groups -OCH3 is 1. The molecule has 96 valence electrons. The number of hydrogen-bond donors (Lipinski definition) is 1. The lowest BCUT2D eigenvalue weighted by Crippen LogP contribution is -2.20. The van der Waals surface area contributed by atoms with Gasteiger partial charge in [0.15, 0.2) is 0 Å². The molecule has 0 radical (unpaired) electrons. The van der Waals surface area contributed by atoms with E-state index in [-0.39, 0.29) is 0 Å². The third kappa shape index (κ3) is 5.82. The van der Waals surface area contributed by atoms with Gasteiger partial charge in [-0.1, -0.05) is 31.2 Å². The van der Waals surface area contributed by atoms with Crippen LogP contribution in [-0.4, -0.2) is 26.9 Å². The number of rotatable bonds is 9. The van der Waals surface area contributed by atoms with E-state index in [4.69, 9.17) is 9.47 Å². The predicted molar refractivity (Wildman–Crippen MR) is 70.0 cm³/mol. The van der Waals surface area contributed by atoms with Crippen LogP contribution < -0.4 is 5.32 Å². The van der Waals surface area contributed by atoms with E-state index in [9.17, 15) is 0 Å². The summed E-state index contributed by atoms with van der Waals surface area (Å²) in [6, 6.07) is 8.34. The highest BCUT2D eigenvalue weighted by Crippen LogP contribution is 2.09. The molecule has 0 aromatic heterocycles. The molecular weight excluding hydrogens is 214 g/mol. The fourth-order valence-corrected chi connectivity index (χ4v) is 1.64. The maximum Gasteiger partial charge on any atom is 0.0716 e. The first-order valence-electron chi connectivity index (χ1n) is 6.22. The summed E-state index contributed by atoms with van der Waals surface area (Å²) < 4.78 is 10.6. The van der Waals surface area contributed by atoms with E-state index in [1.54, 1.807) is 7.11 Å². The van der Waals surface area contributed by atoms with Crippen LogP contribution in [0.5, 0.6) is 0 Å². The molecule has 0 aliphatic rings. The summed E-state index contributed by atoms with van der Waals surface area (Å²) in [4.78, 5) is 0. The molecule has 0 saturated heterocycles. The molecule has 1 rings (SSSR count). The van der Waals surface area contributed by atoms with Crippen molar-refractivity contribution in [3.63, 3.8) is 0 Å². The van der Waals surface area contributed by atoms with Crippen LogP contribution >= 0.6 is 0 Å². The normalized spacial score (nSPS) is 10.7. The van der Waals surface area contributed by atoms with Crippen molar-refractivity contribution in [2.24, 2.45) is 0 Å². The van der Waals surface area contributed by atoms with Gasteiger partial charge in [-0.05, 0) is 17.5 Å². The van der Waals surface area contributed by atoms with Crippen molar-refractivity contribution in [3.05, 3.63) is 35.4 Å². The van der Waals surface area contributed by atoms with Crippen molar-refractivity contribution in [2.75, 3.05) is 26.9 Å². The predicted octanol–water partition coefficient (Wildman–Crippen LogP) is 2.35. The van der Waals surface area contributed by atoms with Crippen molar-refractivity contribution in [3.8, 4) is 0 Å². The van der Waals surface area contributed by atoms with Crippen molar-refractivity contribution in [1.29, 1.82) is 0 Å². The van der Waals surface area contributed by atoms with Crippen LogP contribution in [0.2, 0.25) is 0 Å². The van der Waals surface area contributed by atoms with Gasteiger partial charge in [0.1, 0.15) is 0 Å². The van der Waals surface area contributed by atoms with E-state index in [0.717, 1.165) is 32.7 Å². The topological polar surface area (TPSA) is 30.5 Å². The Morgan fingerprint density at radius 1 is 1.12 bits per heavy atom. The second-order valence-corrected chi connectivity index (χ2v) is 3.99. The zero-order valence-electron chi connectivity index (χ0n) is 10.9. The first-order chi connectivity index (χ1) is 8.38. The number of nitrogens with one attached hydrogen (secondary N) is 1. The Kier molecular flexibility index (Phi) is 7.63. The first kappa shape index (κ1) is 14.2. The monoisotopic (exact) mass is 237 g/mol. The highest BCUT2D eigenvalue weighted by Gasteiger charge is 2.00. The standard InChI is InChI=1S/C14H23NO2/c1-3-9-17-10-8-15-11-13-6-4-5-7-14(13)12-16-2/h4-7,15H,3,8-12H2,1-2H3. The van der Waals surface area contributed by atoms with E-state index < -0.39 is 0 Å². The molecule has 3 heteroatoms. The van der Waals surface area contributed by atoms with Crippen molar-refractivity contribution in [1.82, 2.24) is 5.32 Å². The fourth-order valence-electron chi connectivity index (χ4n) is 1.64. The number of hydrogen-bond acceptors (Lipinski definition) is 3. The van der Waals surface area contributed by atoms with Crippen LogP contribution in [-0.2, 0) is 22.6 Å². The maximum absolute atomic E-state index is 5.41. The second-order valence-electron chi connectivity index (χ2n) is 3.99. The average molecular weight is 237 g/mol. The van der Waals surface area contributed by atoms with Gasteiger partial charge in [0.2, 0.25) is 0 Å². The summed E-state index contributed by atoms with van der Waals surface area (Å²) in [5.74, 6) is 0. The Morgan fingerprint density at radius 2 is 1.88 bits per heavy atom. The lowest BCUT2D eigenvalue weighted by Gasteiger charge is -2.10. The summed E-state index contributed by atoms with van der Waals surface area (Å²) in [7, 11) is 1.72. The summed E-state index contributed by atoms with van der Waals surface area (Å²) in [6.07, 6.45) is 1.08. The molecule has 0 fully saturated rings. The summed E-state index contributed by atoms with van der Waals surface area (Å²) in [5.41, 5.74) is 2.54. The quantitative estimate of drug-likeness (QED) is 0.669. The van der Waals surface area contributed by atoms with E-state index in [0.29, 0.717) is 6.61 Å². The molecule has 0 saturated carbocycles. The van der Waals surface area contributed by atoms with Crippen molar-refractivity contribution < 1.29 is 9.47 Å². The molecule has 3 nitrogen and oxygen atoms in total. The maximum atomic E-state index is 5.41. The Hall–Kier alpha value is -0.900. The van der Waals surface area contributed by atoms with Gasteiger partial charge in [-0.15, -0.1) is 0 Å². The molecule has 0 unspecified atom stereocenters. The Bertz CT molecular complexity index is 302. The van der Waals surface area contributed by atoms with Gasteiger partial charge < -0.3 is 14.8 Å². The smallest absolute Gasteiger partial charge is 0.0716 e. The van der Waals surface area contributed by atoms with E-state index in [1.165, 1.54) is 11.1 Å². The molecule has 0 atom stereocenters. The zero-order valence-corrected chi connectivity index (χ0v) is 10.9. The molecule has 0 aliphatic heterocycles. The molecule has 0 bridgehead atoms. The highest BCUT2D eigenvalue weighted by atomic mass is 16.5. The van der Waals surface area contributed by atoms with Gasteiger partial charge in [0.25, 0.3) is 0 Å². The molecule has 1 aromatic rings. The lowest BCUT2D eigenvalue weighted by atomic mass is 10.1. The van der Waals surface area contributed by atoms with Gasteiger partial charge in [-0.2, -0.15) is 0 Å².